The SMILES string of the molecule is C[C@]12C[C@H](O)[C@@]3(F)[C@@H](C[C@H](F)C4=CC(=O)C=C[C@@]43C)C1CC[C@@H]2C(=O)COC(=O)C1CC1C(=O)OCc1ccc(C(CCN)C(=O)Nc2ccc3cnccc3c2)cc1. The molecule has 11 atom stereocenters. The Morgan fingerprint density at radius 1 is 0.983 bits per heavy atom. The van der Waals surface area contributed by atoms with Crippen LogP contribution in [0.3, 0.4) is 0 Å². The molecule has 0 spiro atoms. The molecule has 0 bridgehead atoms. The number of aromatic nitrogens is 1. The number of fused-ring (bicyclic) bond motifs is 6. The first-order chi connectivity index (χ1) is 28.2. The van der Waals surface area contributed by atoms with Gasteiger partial charge in [-0.25, -0.2) is 8.78 Å². The van der Waals surface area contributed by atoms with Gasteiger partial charge in [0.15, 0.2) is 17.2 Å². The van der Waals surface area contributed by atoms with E-state index in [2.05, 4.69) is 10.3 Å². The van der Waals surface area contributed by atoms with Crippen molar-refractivity contribution < 1.29 is 47.3 Å². The normalized spacial score (nSPS) is 33.5. The molecule has 4 unspecified atom stereocenters. The number of halogens is 2. The summed E-state index contributed by atoms with van der Waals surface area (Å²) in [6.45, 7) is 3.11. The Bertz CT molecular complexity index is 2260. The fraction of sp³-hybridized carbons (Fsp3) is 0.478. The minimum atomic E-state index is -2.23. The molecule has 1 heterocycles. The smallest absolute Gasteiger partial charge is 0.310 e. The second-order valence-electron chi connectivity index (χ2n) is 17.5. The van der Waals surface area contributed by atoms with Crippen LogP contribution in [0, 0.1) is 40.4 Å². The summed E-state index contributed by atoms with van der Waals surface area (Å²) in [5.41, 5.74) is 3.44. The average Bonchev–Trinajstić information content (AvgIpc) is 3.96. The van der Waals surface area contributed by atoms with Gasteiger partial charge in [-0.3, -0.25) is 29.0 Å². The zero-order valence-corrected chi connectivity index (χ0v) is 33.1. The van der Waals surface area contributed by atoms with Crippen LogP contribution in [0.15, 0.2) is 84.7 Å². The third-order valence-corrected chi connectivity index (χ3v) is 14.2. The number of amides is 1. The summed E-state index contributed by atoms with van der Waals surface area (Å²) in [5, 5.41) is 16.4. The maximum absolute atomic E-state index is 17.3. The van der Waals surface area contributed by atoms with Gasteiger partial charge in [-0.1, -0.05) is 43.3 Å². The molecule has 310 valence electrons. The van der Waals surface area contributed by atoms with E-state index in [1.807, 2.05) is 31.2 Å². The van der Waals surface area contributed by atoms with Crippen molar-refractivity contribution in [1.82, 2.24) is 4.98 Å². The Labute approximate surface area is 340 Å². The second-order valence-corrected chi connectivity index (χ2v) is 17.5. The Morgan fingerprint density at radius 3 is 2.47 bits per heavy atom. The molecule has 59 heavy (non-hydrogen) atoms. The largest absolute Gasteiger partial charge is 0.461 e. The Kier molecular flexibility index (Phi) is 10.7. The van der Waals surface area contributed by atoms with Crippen LogP contribution in [0.4, 0.5) is 14.5 Å². The number of benzene rings is 2. The van der Waals surface area contributed by atoms with E-state index in [1.165, 1.54) is 19.1 Å². The molecule has 0 aliphatic heterocycles. The number of Topliss-reactive ketones (excluding diaryl/α,β-unsaturated/α-hetero) is 1. The van der Waals surface area contributed by atoms with Crippen LogP contribution in [-0.2, 0) is 40.1 Å². The number of aliphatic hydroxyl groups is 1. The number of nitrogens with one attached hydrogen (secondary N) is 1. The maximum Gasteiger partial charge on any atom is 0.310 e. The maximum atomic E-state index is 17.3. The van der Waals surface area contributed by atoms with Crippen molar-refractivity contribution in [3.63, 3.8) is 0 Å². The Balaban J connectivity index is 0.820. The standard InChI is InChI=1S/C46H49F2N3O8/c1-44-21-40(54)46(48)36(20-38(47)37-18-30(52)11-14-45(37,46)2)34(44)9-10-35(44)39(53)24-59-43(57)33-19-32(33)42(56)58-23-25-3-5-26(6-4-25)31(12-15-49)41(55)51-29-8-7-28-22-50-16-13-27(28)17-29/h3-8,11,13-14,16-18,22,31-36,38,40,54H,9-10,12,15,19-21,23-24,49H2,1-2H3,(H,51,55)/t31?,32?,33?,34?,35-,36+,38+,40+,44+,45+,46+/m1/s1. The van der Waals surface area contributed by atoms with Crippen LogP contribution in [0.5, 0.6) is 0 Å². The van der Waals surface area contributed by atoms with Crippen molar-refractivity contribution >= 4 is 45.9 Å². The van der Waals surface area contributed by atoms with Gasteiger partial charge in [0.05, 0.1) is 23.9 Å². The molecule has 3 aromatic rings. The van der Waals surface area contributed by atoms with E-state index in [0.717, 1.165) is 22.4 Å². The highest BCUT2D eigenvalue weighted by molar-refractivity contribution is 6.01. The number of aliphatic hydroxyl groups excluding tert-OH is 1. The number of nitrogens with zero attached hydrogens (tertiary/aromatic N) is 1. The van der Waals surface area contributed by atoms with Crippen molar-refractivity contribution in [1.29, 1.82) is 0 Å². The van der Waals surface area contributed by atoms with Gasteiger partial charge < -0.3 is 25.6 Å². The first-order valence-electron chi connectivity index (χ1n) is 20.4. The minimum absolute atomic E-state index is 0.0377. The monoisotopic (exact) mass is 809 g/mol. The zero-order chi connectivity index (χ0) is 41.9. The lowest BCUT2D eigenvalue weighted by Gasteiger charge is -2.62. The lowest BCUT2D eigenvalue weighted by atomic mass is 9.45. The summed E-state index contributed by atoms with van der Waals surface area (Å²) >= 11 is 0. The third-order valence-electron chi connectivity index (χ3n) is 14.2. The third kappa shape index (κ3) is 7.09. The predicted octanol–water partition coefficient (Wildman–Crippen LogP) is 6.03. The number of carbonyl (C=O) groups is 5. The minimum Gasteiger partial charge on any atom is -0.461 e. The zero-order valence-electron chi connectivity index (χ0n) is 33.1. The second kappa shape index (κ2) is 15.5. The molecular formula is C46H49F2N3O8. The lowest BCUT2D eigenvalue weighted by molar-refractivity contribution is -0.202. The van der Waals surface area contributed by atoms with Crippen molar-refractivity contribution in [2.45, 2.75) is 82.8 Å². The summed E-state index contributed by atoms with van der Waals surface area (Å²) in [7, 11) is 0. The fourth-order valence-corrected chi connectivity index (χ4v) is 10.9. The number of alkyl halides is 2. The first-order valence-corrected chi connectivity index (χ1v) is 20.4. The van der Waals surface area contributed by atoms with Crippen LogP contribution in [0.1, 0.15) is 69.4 Å². The summed E-state index contributed by atoms with van der Waals surface area (Å²) in [4.78, 5) is 69.0. The Morgan fingerprint density at radius 2 is 1.73 bits per heavy atom. The summed E-state index contributed by atoms with van der Waals surface area (Å²) in [5.74, 6) is -6.10. The molecule has 4 N–H and O–H groups in total. The van der Waals surface area contributed by atoms with Gasteiger partial charge in [-0.05, 0) is 116 Å². The first kappa shape index (κ1) is 40.6. The number of ether oxygens (including phenoxy) is 2. The molecule has 0 saturated heterocycles. The van der Waals surface area contributed by atoms with Crippen molar-refractivity contribution in [2.24, 2.45) is 46.2 Å². The molecule has 5 aliphatic carbocycles. The topological polar surface area (TPSA) is 175 Å². The molecule has 1 aromatic heterocycles. The van der Waals surface area contributed by atoms with E-state index in [-0.39, 0.29) is 43.1 Å². The highest BCUT2D eigenvalue weighted by atomic mass is 19.1. The number of anilines is 1. The van der Waals surface area contributed by atoms with Gasteiger partial charge in [-0.2, -0.15) is 0 Å². The molecule has 11 nitrogen and oxygen atoms in total. The highest BCUT2D eigenvalue weighted by Crippen LogP contribution is 2.69. The number of rotatable bonds is 12. The number of carbonyl (C=O) groups excluding carboxylic acids is 5. The molecule has 13 heteroatoms. The van der Waals surface area contributed by atoms with Crippen molar-refractivity contribution in [3.8, 4) is 0 Å². The van der Waals surface area contributed by atoms with Crippen LogP contribution in [0.2, 0.25) is 0 Å². The molecular weight excluding hydrogens is 761 g/mol. The summed E-state index contributed by atoms with van der Waals surface area (Å²) < 4.78 is 43.9. The molecule has 0 radical (unpaired) electrons. The van der Waals surface area contributed by atoms with Crippen molar-refractivity contribution in [3.05, 3.63) is 95.9 Å². The van der Waals surface area contributed by atoms with Crippen molar-refractivity contribution in [2.75, 3.05) is 18.5 Å². The van der Waals surface area contributed by atoms with E-state index in [1.54, 1.807) is 36.7 Å². The van der Waals surface area contributed by atoms with Gasteiger partial charge in [-0.15, -0.1) is 0 Å². The summed E-state index contributed by atoms with van der Waals surface area (Å²) in [6, 6.07) is 14.6. The highest BCUT2D eigenvalue weighted by Gasteiger charge is 2.72. The predicted molar refractivity (Wildman–Crippen MR) is 213 cm³/mol. The van der Waals surface area contributed by atoms with Crippen LogP contribution < -0.4 is 11.1 Å². The van der Waals surface area contributed by atoms with Gasteiger partial charge in [0.2, 0.25) is 5.91 Å². The average molecular weight is 810 g/mol. The number of esters is 2. The molecule has 4 fully saturated rings. The van der Waals surface area contributed by atoms with Gasteiger partial charge in [0.1, 0.15) is 19.4 Å². The molecule has 4 saturated carbocycles. The van der Waals surface area contributed by atoms with Crippen LogP contribution in [-0.4, -0.2) is 70.6 Å². The Hall–Kier alpha value is -5.14. The van der Waals surface area contributed by atoms with Crippen LogP contribution >= 0.6 is 0 Å². The number of hydrogen-bond acceptors (Lipinski definition) is 10. The molecule has 5 aliphatic rings. The molecule has 2 aromatic carbocycles. The molecule has 1 amide bonds. The van der Waals surface area contributed by atoms with E-state index >= 15 is 8.78 Å². The van der Waals surface area contributed by atoms with E-state index in [9.17, 15) is 29.1 Å². The quantitative estimate of drug-likeness (QED) is 0.183. The van der Waals surface area contributed by atoms with E-state index < -0.39 is 88.6 Å². The molecule has 8 rings (SSSR count). The van der Waals surface area contributed by atoms with Gasteiger partial charge in [0, 0.05) is 40.7 Å². The fourth-order valence-electron chi connectivity index (χ4n) is 10.9. The van der Waals surface area contributed by atoms with E-state index in [0.29, 0.717) is 37.1 Å². The number of pyridine rings is 1. The van der Waals surface area contributed by atoms with E-state index in [4.69, 9.17) is 15.2 Å². The van der Waals surface area contributed by atoms with Gasteiger partial charge >= 0.3 is 11.9 Å². The lowest BCUT2D eigenvalue weighted by Crippen LogP contribution is -2.68. The number of nitrogens with two attached hydrogens (primary N) is 1. The van der Waals surface area contributed by atoms with Crippen LogP contribution in [0.25, 0.3) is 10.8 Å². The summed E-state index contributed by atoms with van der Waals surface area (Å²) in [6.07, 6.45) is 5.38. The number of allylic oxidation sites excluding steroid dienone is 4. The number of ketones is 2. The van der Waals surface area contributed by atoms with Gasteiger partial charge in [0.25, 0.3) is 0 Å². The number of hydrogen-bond donors (Lipinski definition) is 3.